The van der Waals surface area contributed by atoms with Gasteiger partial charge in [-0.15, -0.1) is 0 Å². The van der Waals surface area contributed by atoms with E-state index < -0.39 is 11.4 Å². The molecule has 4 aliphatic carbocycles. The van der Waals surface area contributed by atoms with E-state index in [-0.39, 0.29) is 18.2 Å². The minimum Gasteiger partial charge on any atom is -0.462 e. The summed E-state index contributed by atoms with van der Waals surface area (Å²) in [5.41, 5.74) is 0.981. The number of carbonyl (C=O) groups excluding carboxylic acids is 1. The Kier molecular flexibility index (Phi) is 9.50. The van der Waals surface area contributed by atoms with E-state index in [4.69, 9.17) is 30.4 Å². The molecular formula is C35H49ClN6O4. The number of halogens is 1. The molecule has 0 aliphatic heterocycles. The highest BCUT2D eigenvalue weighted by Crippen LogP contribution is 2.60. The van der Waals surface area contributed by atoms with Crippen LogP contribution in [0.25, 0.3) is 0 Å². The second-order valence-corrected chi connectivity index (χ2v) is 15.9. The summed E-state index contributed by atoms with van der Waals surface area (Å²) in [5.74, 6) is 5.17. The van der Waals surface area contributed by atoms with Crippen molar-refractivity contribution in [3.8, 4) is 0 Å². The van der Waals surface area contributed by atoms with Crippen LogP contribution in [0.4, 0.5) is 5.69 Å². The van der Waals surface area contributed by atoms with Crippen LogP contribution in [0.5, 0.6) is 0 Å². The summed E-state index contributed by atoms with van der Waals surface area (Å²) in [6, 6.07) is 5.18. The van der Waals surface area contributed by atoms with E-state index in [1.54, 1.807) is 18.2 Å². The average molecular weight is 653 g/mol. The first-order valence-electron chi connectivity index (χ1n) is 16.9. The summed E-state index contributed by atoms with van der Waals surface area (Å²) in [4.78, 5) is 24.7. The average Bonchev–Trinajstić information content (AvgIpc) is 3.65. The van der Waals surface area contributed by atoms with E-state index >= 15 is 0 Å². The molecule has 1 atom stereocenters. The van der Waals surface area contributed by atoms with E-state index in [0.717, 1.165) is 30.7 Å². The normalized spacial score (nSPS) is 24.6. The van der Waals surface area contributed by atoms with Crippen LogP contribution in [-0.4, -0.2) is 51.3 Å². The van der Waals surface area contributed by atoms with Gasteiger partial charge in [0.15, 0.2) is 11.6 Å². The van der Waals surface area contributed by atoms with E-state index in [2.05, 4.69) is 53.3 Å². The Morgan fingerprint density at radius 1 is 1.09 bits per heavy atom. The zero-order chi connectivity index (χ0) is 32.6. The SMILES string of the molecule is CC(C)Cc1noc(CNc2ccc(Cl)c(C(=O)OCCC(C)(C)c3noc(C(C)N(C)CC45CC6CC(CC(C6)C4)C5)n3)c2)n1. The summed E-state index contributed by atoms with van der Waals surface area (Å²) in [6.07, 6.45) is 9.77. The van der Waals surface area contributed by atoms with Crippen molar-refractivity contribution < 1.29 is 18.6 Å². The molecule has 0 saturated heterocycles. The monoisotopic (exact) mass is 652 g/mol. The second kappa shape index (κ2) is 13.3. The Bertz CT molecular complexity index is 1480. The first-order chi connectivity index (χ1) is 21.9. The summed E-state index contributed by atoms with van der Waals surface area (Å²) in [5, 5.41) is 11.9. The van der Waals surface area contributed by atoms with E-state index in [1.807, 2.05) is 13.8 Å². The van der Waals surface area contributed by atoms with Crippen molar-refractivity contribution in [1.29, 1.82) is 0 Å². The number of hydrogen-bond acceptors (Lipinski definition) is 10. The molecule has 7 rings (SSSR count). The lowest BCUT2D eigenvalue weighted by atomic mass is 9.49. The van der Waals surface area contributed by atoms with Gasteiger partial charge in [0.25, 0.3) is 0 Å². The number of nitrogens with one attached hydrogen (secondary N) is 1. The van der Waals surface area contributed by atoms with Gasteiger partial charge in [0.2, 0.25) is 11.8 Å². The molecule has 2 heterocycles. The molecule has 0 amide bonds. The predicted octanol–water partition coefficient (Wildman–Crippen LogP) is 7.65. The number of ether oxygens (including phenoxy) is 1. The molecule has 0 spiro atoms. The van der Waals surface area contributed by atoms with Gasteiger partial charge in [-0.05, 0) is 106 Å². The van der Waals surface area contributed by atoms with Crippen molar-refractivity contribution in [1.82, 2.24) is 25.2 Å². The van der Waals surface area contributed by atoms with Crippen molar-refractivity contribution in [2.45, 2.75) is 104 Å². The molecule has 10 nitrogen and oxygen atoms in total. The molecule has 4 saturated carbocycles. The largest absolute Gasteiger partial charge is 0.462 e. The minimum absolute atomic E-state index is 0.0350. The topological polar surface area (TPSA) is 119 Å². The van der Waals surface area contributed by atoms with Crippen molar-refractivity contribution in [3.63, 3.8) is 0 Å². The summed E-state index contributed by atoms with van der Waals surface area (Å²) >= 11 is 6.38. The van der Waals surface area contributed by atoms with Crippen LogP contribution in [0.3, 0.4) is 0 Å². The quantitative estimate of drug-likeness (QED) is 0.174. The van der Waals surface area contributed by atoms with Gasteiger partial charge in [-0.2, -0.15) is 9.97 Å². The third-order valence-corrected chi connectivity index (χ3v) is 10.8. The number of nitrogens with zero attached hydrogens (tertiary/aromatic N) is 5. The molecule has 1 N–H and O–H groups in total. The number of aromatic nitrogens is 4. The number of anilines is 1. The van der Waals surface area contributed by atoms with Gasteiger partial charge in [-0.3, -0.25) is 4.90 Å². The maximum atomic E-state index is 13.0. The third kappa shape index (κ3) is 7.43. The van der Waals surface area contributed by atoms with Crippen LogP contribution in [0.15, 0.2) is 27.2 Å². The van der Waals surface area contributed by atoms with E-state index in [9.17, 15) is 4.79 Å². The van der Waals surface area contributed by atoms with Crippen LogP contribution in [0, 0.1) is 29.1 Å². The Balaban J connectivity index is 0.998. The van der Waals surface area contributed by atoms with Gasteiger partial charge in [-0.25, -0.2) is 4.79 Å². The van der Waals surface area contributed by atoms with Crippen LogP contribution >= 0.6 is 11.6 Å². The lowest BCUT2D eigenvalue weighted by molar-refractivity contribution is -0.0713. The number of rotatable bonds is 14. The Morgan fingerprint density at radius 3 is 2.46 bits per heavy atom. The molecular weight excluding hydrogens is 604 g/mol. The molecule has 1 unspecified atom stereocenters. The first-order valence-corrected chi connectivity index (χ1v) is 17.3. The van der Waals surface area contributed by atoms with Gasteiger partial charge in [0.05, 0.1) is 29.8 Å². The van der Waals surface area contributed by atoms with Crippen molar-refractivity contribution in [2.75, 3.05) is 25.5 Å². The first kappa shape index (κ1) is 32.9. The number of esters is 1. The van der Waals surface area contributed by atoms with Crippen LogP contribution < -0.4 is 5.32 Å². The number of hydrogen-bond donors (Lipinski definition) is 1. The van der Waals surface area contributed by atoms with Crippen molar-refractivity contribution in [2.24, 2.45) is 29.1 Å². The zero-order valence-corrected chi connectivity index (χ0v) is 28.9. The summed E-state index contributed by atoms with van der Waals surface area (Å²) < 4.78 is 16.8. The molecule has 11 heteroatoms. The maximum absolute atomic E-state index is 13.0. The molecule has 250 valence electrons. The lowest BCUT2D eigenvalue weighted by Crippen LogP contribution is -2.50. The number of carbonyl (C=O) groups is 1. The second-order valence-electron chi connectivity index (χ2n) is 15.5. The molecule has 0 radical (unpaired) electrons. The number of benzene rings is 1. The minimum atomic E-state index is -0.491. The zero-order valence-electron chi connectivity index (χ0n) is 28.1. The highest BCUT2D eigenvalue weighted by Gasteiger charge is 2.51. The van der Waals surface area contributed by atoms with Crippen molar-refractivity contribution in [3.05, 3.63) is 52.2 Å². The van der Waals surface area contributed by atoms with Gasteiger partial charge in [-0.1, -0.05) is 49.6 Å². The molecule has 3 aromatic rings. The van der Waals surface area contributed by atoms with Crippen LogP contribution in [0.2, 0.25) is 5.02 Å². The van der Waals surface area contributed by atoms with Crippen molar-refractivity contribution >= 4 is 23.3 Å². The third-order valence-electron chi connectivity index (χ3n) is 10.5. The molecule has 1 aromatic carbocycles. The Hall–Kier alpha value is -2.98. The smallest absolute Gasteiger partial charge is 0.339 e. The molecule has 4 bridgehead atoms. The van der Waals surface area contributed by atoms with Gasteiger partial charge >= 0.3 is 5.97 Å². The van der Waals surface area contributed by atoms with E-state index in [1.165, 1.54) is 38.5 Å². The highest BCUT2D eigenvalue weighted by molar-refractivity contribution is 6.33. The molecule has 4 fully saturated rings. The predicted molar refractivity (Wildman–Crippen MR) is 175 cm³/mol. The summed E-state index contributed by atoms with van der Waals surface area (Å²) in [7, 11) is 2.20. The fourth-order valence-electron chi connectivity index (χ4n) is 8.39. The lowest BCUT2D eigenvalue weighted by Gasteiger charge is -2.58. The molecule has 2 aromatic heterocycles. The highest BCUT2D eigenvalue weighted by atomic mass is 35.5. The van der Waals surface area contributed by atoms with Crippen LogP contribution in [-0.2, 0) is 23.1 Å². The summed E-state index contributed by atoms with van der Waals surface area (Å²) in [6.45, 7) is 12.1. The van der Waals surface area contributed by atoms with Gasteiger partial charge < -0.3 is 19.1 Å². The molecule has 46 heavy (non-hydrogen) atoms. The van der Waals surface area contributed by atoms with Gasteiger partial charge in [0, 0.05) is 24.1 Å². The Morgan fingerprint density at radius 2 is 1.78 bits per heavy atom. The van der Waals surface area contributed by atoms with Crippen LogP contribution in [0.1, 0.15) is 119 Å². The fraction of sp³-hybridized carbons (Fsp3) is 0.686. The van der Waals surface area contributed by atoms with E-state index in [0.29, 0.717) is 58.4 Å². The standard InChI is InChI=1S/C35H49ClN6O4/c1-21(2)11-29-38-30(45-40-29)19-37-26-7-8-28(36)27(15-26)32(43)44-10-9-34(4,5)33-39-31(46-41-33)22(3)42(6)20-35-16-23-12-24(17-35)14-25(13-23)18-35/h7-8,15,21-25,37H,9-14,16-20H2,1-6H3. The van der Waals surface area contributed by atoms with Gasteiger partial charge in [0.1, 0.15) is 0 Å². The maximum Gasteiger partial charge on any atom is 0.339 e. The fourth-order valence-corrected chi connectivity index (χ4v) is 8.58. The molecule has 4 aliphatic rings. The Labute approximate surface area is 277 Å².